The molecule has 0 N–H and O–H groups in total. The lowest BCUT2D eigenvalue weighted by Crippen LogP contribution is -2.35. The lowest BCUT2D eigenvalue weighted by atomic mass is 9.89. The Morgan fingerprint density at radius 3 is 2.29 bits per heavy atom. The molecular weight excluding hydrogens is 262 g/mol. The number of carbonyl (C=O) groups is 1. The second kappa shape index (κ2) is 9.56. The van der Waals surface area contributed by atoms with Gasteiger partial charge in [-0.15, -0.1) is 0 Å². The maximum absolute atomic E-state index is 9.34. The second-order valence-corrected chi connectivity index (χ2v) is 6.20. The second-order valence-electron chi connectivity index (χ2n) is 6.20. The normalized spacial score (nSPS) is 11.1. The van der Waals surface area contributed by atoms with E-state index in [1.165, 1.54) is 11.1 Å². The minimum Gasteiger partial charge on any atom is -0.468 e. The maximum atomic E-state index is 9.34. The standard InChI is InChI=1S/C14H23N.C4H8O2/c1-11(2)12-8-7-9-13(10-12)14(3,4)15(5)6;1-2-3-6-4-5/h7-11H,1-6H3;4H,2-3H2,1H3. The van der Waals surface area contributed by atoms with E-state index in [-0.39, 0.29) is 5.54 Å². The molecule has 1 aromatic rings. The van der Waals surface area contributed by atoms with E-state index in [0.29, 0.717) is 19.0 Å². The van der Waals surface area contributed by atoms with Crippen molar-refractivity contribution in [1.29, 1.82) is 0 Å². The SMILES string of the molecule is CC(C)c1cccc(C(C)(C)N(C)C)c1.CCCOC=O. The minimum atomic E-state index is 0.102. The Hall–Kier alpha value is -1.35. The summed E-state index contributed by atoms with van der Waals surface area (Å²) in [5, 5.41) is 0. The van der Waals surface area contributed by atoms with Gasteiger partial charge in [0.25, 0.3) is 6.47 Å². The first kappa shape index (κ1) is 19.7. The lowest BCUT2D eigenvalue weighted by molar-refractivity contribution is -0.128. The van der Waals surface area contributed by atoms with Crippen LogP contribution in [0.4, 0.5) is 0 Å². The quantitative estimate of drug-likeness (QED) is 0.582. The summed E-state index contributed by atoms with van der Waals surface area (Å²) in [5.74, 6) is 0.600. The van der Waals surface area contributed by atoms with E-state index in [1.54, 1.807) is 0 Å². The largest absolute Gasteiger partial charge is 0.468 e. The zero-order valence-corrected chi connectivity index (χ0v) is 14.6. The summed E-state index contributed by atoms with van der Waals surface area (Å²) in [6, 6.07) is 8.91. The molecule has 0 spiro atoms. The molecule has 3 nitrogen and oxygen atoms in total. The van der Waals surface area contributed by atoms with Crippen LogP contribution in [0.5, 0.6) is 0 Å². The summed E-state index contributed by atoms with van der Waals surface area (Å²) in [7, 11) is 4.25. The fourth-order valence-electron chi connectivity index (χ4n) is 1.70. The number of hydrogen-bond donors (Lipinski definition) is 0. The first-order valence-corrected chi connectivity index (χ1v) is 7.60. The monoisotopic (exact) mass is 293 g/mol. The topological polar surface area (TPSA) is 29.5 Å². The van der Waals surface area contributed by atoms with Gasteiger partial charge in [-0.05, 0) is 51.4 Å². The molecule has 0 bridgehead atoms. The van der Waals surface area contributed by atoms with Gasteiger partial charge >= 0.3 is 0 Å². The average Bonchev–Trinajstić information content (AvgIpc) is 2.45. The highest BCUT2D eigenvalue weighted by atomic mass is 16.5. The van der Waals surface area contributed by atoms with Crippen molar-refractivity contribution in [2.24, 2.45) is 0 Å². The van der Waals surface area contributed by atoms with Crippen LogP contribution in [0.25, 0.3) is 0 Å². The van der Waals surface area contributed by atoms with Crippen molar-refractivity contribution >= 4 is 6.47 Å². The van der Waals surface area contributed by atoms with Gasteiger partial charge in [-0.3, -0.25) is 4.79 Å². The Morgan fingerprint density at radius 2 is 1.90 bits per heavy atom. The number of carbonyl (C=O) groups excluding carboxylic acids is 1. The molecule has 0 unspecified atom stereocenters. The maximum Gasteiger partial charge on any atom is 0.293 e. The fraction of sp³-hybridized carbons (Fsp3) is 0.611. The van der Waals surface area contributed by atoms with E-state index in [9.17, 15) is 4.79 Å². The summed E-state index contributed by atoms with van der Waals surface area (Å²) in [5.41, 5.74) is 2.91. The highest BCUT2D eigenvalue weighted by Gasteiger charge is 2.23. The van der Waals surface area contributed by atoms with Crippen LogP contribution in [-0.2, 0) is 15.1 Å². The number of nitrogens with zero attached hydrogens (tertiary/aromatic N) is 1. The fourth-order valence-corrected chi connectivity index (χ4v) is 1.70. The van der Waals surface area contributed by atoms with Crippen LogP contribution >= 0.6 is 0 Å². The van der Waals surface area contributed by atoms with Crippen LogP contribution in [-0.4, -0.2) is 32.1 Å². The molecule has 1 rings (SSSR count). The van der Waals surface area contributed by atoms with Crippen LogP contribution in [0.3, 0.4) is 0 Å². The third-order valence-corrected chi connectivity index (χ3v) is 3.77. The van der Waals surface area contributed by atoms with E-state index < -0.39 is 0 Å². The Balaban J connectivity index is 0.000000567. The van der Waals surface area contributed by atoms with Gasteiger partial charge in [0.2, 0.25) is 0 Å². The van der Waals surface area contributed by atoms with Crippen molar-refractivity contribution in [3.05, 3.63) is 35.4 Å². The van der Waals surface area contributed by atoms with Crippen LogP contribution in [0.2, 0.25) is 0 Å². The molecule has 0 fully saturated rings. The molecule has 21 heavy (non-hydrogen) atoms. The van der Waals surface area contributed by atoms with Gasteiger partial charge in [0, 0.05) is 5.54 Å². The van der Waals surface area contributed by atoms with Crippen molar-refractivity contribution in [2.45, 2.75) is 52.5 Å². The molecule has 0 aliphatic heterocycles. The van der Waals surface area contributed by atoms with E-state index in [1.807, 2.05) is 6.92 Å². The number of rotatable bonds is 6. The van der Waals surface area contributed by atoms with Gasteiger partial charge < -0.3 is 9.64 Å². The Morgan fingerprint density at radius 1 is 1.29 bits per heavy atom. The molecule has 0 saturated carbocycles. The Bertz CT molecular complexity index is 411. The van der Waals surface area contributed by atoms with Crippen molar-refractivity contribution in [3.63, 3.8) is 0 Å². The van der Waals surface area contributed by atoms with E-state index >= 15 is 0 Å². The third-order valence-electron chi connectivity index (χ3n) is 3.77. The Labute approximate surface area is 130 Å². The van der Waals surface area contributed by atoms with Crippen molar-refractivity contribution in [1.82, 2.24) is 4.90 Å². The summed E-state index contributed by atoms with van der Waals surface area (Å²) < 4.78 is 4.30. The highest BCUT2D eigenvalue weighted by Crippen LogP contribution is 2.27. The first-order valence-electron chi connectivity index (χ1n) is 7.60. The summed E-state index contributed by atoms with van der Waals surface area (Å²) in [6.07, 6.45) is 0.902. The molecule has 1 aromatic carbocycles. The van der Waals surface area contributed by atoms with Crippen molar-refractivity contribution in [2.75, 3.05) is 20.7 Å². The van der Waals surface area contributed by atoms with E-state index in [4.69, 9.17) is 0 Å². The van der Waals surface area contributed by atoms with Crippen LogP contribution in [0, 0.1) is 0 Å². The number of benzene rings is 1. The van der Waals surface area contributed by atoms with Crippen molar-refractivity contribution < 1.29 is 9.53 Å². The lowest BCUT2D eigenvalue weighted by Gasteiger charge is -2.33. The molecular formula is C18H31NO2. The summed E-state index contributed by atoms with van der Waals surface area (Å²) in [6.45, 7) is 11.9. The van der Waals surface area contributed by atoms with Crippen LogP contribution in [0.1, 0.15) is 58.1 Å². The van der Waals surface area contributed by atoms with Crippen molar-refractivity contribution in [3.8, 4) is 0 Å². The number of hydrogen-bond acceptors (Lipinski definition) is 3. The van der Waals surface area contributed by atoms with Crippen LogP contribution in [0.15, 0.2) is 24.3 Å². The van der Waals surface area contributed by atoms with E-state index in [2.05, 4.69) is 75.7 Å². The minimum absolute atomic E-state index is 0.102. The zero-order valence-electron chi connectivity index (χ0n) is 14.6. The molecule has 120 valence electrons. The predicted octanol–water partition coefficient (Wildman–Crippen LogP) is 4.18. The molecule has 0 aromatic heterocycles. The van der Waals surface area contributed by atoms with Gasteiger partial charge in [-0.2, -0.15) is 0 Å². The molecule has 0 saturated heterocycles. The Kier molecular flexibility index (Phi) is 8.95. The molecule has 0 aliphatic carbocycles. The molecule has 0 atom stereocenters. The molecule has 0 aliphatic rings. The van der Waals surface area contributed by atoms with Crippen LogP contribution < -0.4 is 0 Å². The molecule has 0 heterocycles. The van der Waals surface area contributed by atoms with Gasteiger partial charge in [0.15, 0.2) is 0 Å². The molecule has 3 heteroatoms. The third kappa shape index (κ3) is 6.76. The summed E-state index contributed by atoms with van der Waals surface area (Å²) >= 11 is 0. The summed E-state index contributed by atoms with van der Waals surface area (Å²) in [4.78, 5) is 11.6. The number of ether oxygens (including phenoxy) is 1. The highest BCUT2D eigenvalue weighted by molar-refractivity contribution is 5.36. The zero-order chi connectivity index (χ0) is 16.5. The van der Waals surface area contributed by atoms with Gasteiger partial charge in [-0.1, -0.05) is 45.0 Å². The van der Waals surface area contributed by atoms with E-state index in [0.717, 1.165) is 6.42 Å². The molecule has 0 amide bonds. The first-order chi connectivity index (χ1) is 9.77. The predicted molar refractivity (Wildman–Crippen MR) is 89.6 cm³/mol. The van der Waals surface area contributed by atoms with Gasteiger partial charge in [0.05, 0.1) is 6.61 Å². The van der Waals surface area contributed by atoms with Gasteiger partial charge in [0.1, 0.15) is 0 Å². The molecule has 0 radical (unpaired) electrons. The smallest absolute Gasteiger partial charge is 0.293 e. The average molecular weight is 293 g/mol. The van der Waals surface area contributed by atoms with Gasteiger partial charge in [-0.25, -0.2) is 0 Å².